The molecular weight excluding hydrogens is 50.0 g/mol. The lowest BCUT2D eigenvalue weighted by molar-refractivity contribution is 0.902. The molecule has 1 N–H and O–H groups in total. The third-order valence-corrected chi connectivity index (χ3v) is 0.471. The van der Waals surface area contributed by atoms with E-state index in [1.54, 1.807) is 0 Å². The number of rotatable bonds is 0. The average Bonchev–Trinajstić information content (AvgIpc) is 0.722. The van der Waals surface area contributed by atoms with E-state index >= 15 is 0 Å². The summed E-state index contributed by atoms with van der Waals surface area (Å²) in [6.07, 6.45) is 4.00. The monoisotopic (exact) mass is 55.0 g/mol. The van der Waals surface area contributed by atoms with E-state index in [1.165, 1.54) is 0 Å². The van der Waals surface area contributed by atoms with Gasteiger partial charge >= 0.3 is 0 Å². The highest BCUT2D eigenvalue weighted by atomic mass is 14.9. The van der Waals surface area contributed by atoms with Crippen molar-refractivity contribution in [1.82, 2.24) is 5.32 Å². The lowest BCUT2D eigenvalue weighted by atomic mass is 10.5. The first-order valence-electron chi connectivity index (χ1n) is 1.38. The molecule has 0 fully saturated rings. The normalized spacial score (nSPS) is 18.0. The predicted octanol–water partition coefficient (Wildman–Crippen LogP) is 0.103. The van der Waals surface area contributed by atoms with Crippen molar-refractivity contribution in [2.24, 2.45) is 0 Å². The van der Waals surface area contributed by atoms with Crippen molar-refractivity contribution in [1.29, 1.82) is 0 Å². The summed E-state index contributed by atoms with van der Waals surface area (Å²) >= 11 is 0. The van der Waals surface area contributed by atoms with E-state index in [2.05, 4.69) is 11.4 Å². The Hall–Kier alpha value is -0.460. The van der Waals surface area contributed by atoms with Gasteiger partial charge in [0.15, 0.2) is 0 Å². The molecule has 0 aromatic rings. The van der Waals surface area contributed by atoms with E-state index in [-0.39, 0.29) is 0 Å². The van der Waals surface area contributed by atoms with E-state index in [4.69, 9.17) is 0 Å². The predicted molar refractivity (Wildman–Crippen MR) is 17.1 cm³/mol. The van der Waals surface area contributed by atoms with Crippen molar-refractivity contribution in [2.45, 2.75) is 0 Å². The fourth-order valence-corrected chi connectivity index (χ4v) is 0.118. The molecule has 0 spiro atoms. The van der Waals surface area contributed by atoms with Crippen molar-refractivity contribution >= 4 is 0 Å². The van der Waals surface area contributed by atoms with Gasteiger partial charge in [0.05, 0.1) is 0 Å². The summed E-state index contributed by atoms with van der Waals surface area (Å²) in [5, 5.41) is 2.93. The van der Waals surface area contributed by atoms with Crippen molar-refractivity contribution < 1.29 is 0 Å². The third kappa shape index (κ3) is 0.0358. The smallest absolute Gasteiger partial charge is 0.0342 e. The van der Waals surface area contributed by atoms with Gasteiger partial charge in [-0.15, -0.1) is 0 Å². The fourth-order valence-electron chi connectivity index (χ4n) is 0.118. The minimum atomic E-state index is 1.07. The summed E-state index contributed by atoms with van der Waals surface area (Å²) in [7, 11) is 0. The van der Waals surface area contributed by atoms with Crippen LogP contribution in [-0.4, -0.2) is 6.54 Å². The Morgan fingerprint density at radius 1 is 1.75 bits per heavy atom. The number of hydrogen-bond donors (Lipinski definition) is 1. The molecule has 22 valence electrons. The molecule has 1 aliphatic rings. The second-order valence-corrected chi connectivity index (χ2v) is 0.811. The Morgan fingerprint density at radius 3 is 2.00 bits per heavy atom. The van der Waals surface area contributed by atoms with E-state index in [0.717, 1.165) is 6.54 Å². The SMILES string of the molecule is C1=CNC1. The Labute approximate surface area is 25.3 Å². The highest BCUT2D eigenvalue weighted by Crippen LogP contribution is 1.73. The molecule has 0 radical (unpaired) electrons. The van der Waals surface area contributed by atoms with Gasteiger partial charge in [0, 0.05) is 6.54 Å². The molecule has 1 nitrogen and oxygen atoms in total. The Morgan fingerprint density at radius 2 is 2.00 bits per heavy atom. The Kier molecular flexibility index (Phi) is 0.219. The highest BCUT2D eigenvalue weighted by molar-refractivity contribution is 4.92. The molecule has 4 heavy (non-hydrogen) atoms. The summed E-state index contributed by atoms with van der Waals surface area (Å²) in [5.74, 6) is 0. The van der Waals surface area contributed by atoms with Crippen LogP contribution < -0.4 is 5.32 Å². The van der Waals surface area contributed by atoms with Crippen LogP contribution in [0.3, 0.4) is 0 Å². The van der Waals surface area contributed by atoms with Gasteiger partial charge in [-0.25, -0.2) is 0 Å². The molecule has 0 saturated heterocycles. The second kappa shape index (κ2) is 0.481. The van der Waals surface area contributed by atoms with Crippen LogP contribution in [0.5, 0.6) is 0 Å². The lowest BCUT2D eigenvalue weighted by Crippen LogP contribution is -2.12. The van der Waals surface area contributed by atoms with Gasteiger partial charge in [0.25, 0.3) is 0 Å². The first-order chi connectivity index (χ1) is 2.00. The largest absolute Gasteiger partial charge is 0.388 e. The highest BCUT2D eigenvalue weighted by Gasteiger charge is 1.76. The van der Waals surface area contributed by atoms with Crippen molar-refractivity contribution in [3.63, 3.8) is 0 Å². The van der Waals surface area contributed by atoms with Crippen LogP contribution in [0.2, 0.25) is 0 Å². The number of hydrogen-bond acceptors (Lipinski definition) is 1. The quantitative estimate of drug-likeness (QED) is 0.414. The zero-order valence-corrected chi connectivity index (χ0v) is 2.36. The summed E-state index contributed by atoms with van der Waals surface area (Å²) in [6.45, 7) is 1.07. The molecule has 0 atom stereocenters. The average molecular weight is 55.1 g/mol. The first kappa shape index (κ1) is 1.82. The van der Waals surface area contributed by atoms with E-state index in [0.29, 0.717) is 0 Å². The lowest BCUT2D eigenvalue weighted by Gasteiger charge is -1.99. The van der Waals surface area contributed by atoms with Gasteiger partial charge in [0.1, 0.15) is 0 Å². The molecule has 0 aromatic heterocycles. The van der Waals surface area contributed by atoms with E-state index < -0.39 is 0 Å². The van der Waals surface area contributed by atoms with Crippen LogP contribution >= 0.6 is 0 Å². The van der Waals surface area contributed by atoms with Gasteiger partial charge in [-0.1, -0.05) is 0 Å². The zero-order chi connectivity index (χ0) is 2.83. The minimum Gasteiger partial charge on any atom is -0.388 e. The molecule has 1 rings (SSSR count). The molecule has 0 saturated carbocycles. The van der Waals surface area contributed by atoms with E-state index in [9.17, 15) is 0 Å². The summed E-state index contributed by atoms with van der Waals surface area (Å²) in [6, 6.07) is 0. The summed E-state index contributed by atoms with van der Waals surface area (Å²) < 4.78 is 0. The van der Waals surface area contributed by atoms with Crippen LogP contribution in [-0.2, 0) is 0 Å². The minimum absolute atomic E-state index is 1.07. The Bertz CT molecular complexity index is 32.5. The second-order valence-electron chi connectivity index (χ2n) is 0.811. The maximum atomic E-state index is 2.93. The molecule has 0 unspecified atom stereocenters. The van der Waals surface area contributed by atoms with Gasteiger partial charge in [0.2, 0.25) is 0 Å². The Balaban J connectivity index is 2.47. The van der Waals surface area contributed by atoms with E-state index in [1.807, 2.05) is 6.20 Å². The topological polar surface area (TPSA) is 12.0 Å². The summed E-state index contributed by atoms with van der Waals surface area (Å²) in [5.41, 5.74) is 0. The van der Waals surface area contributed by atoms with Crippen molar-refractivity contribution in [2.75, 3.05) is 6.54 Å². The number of nitrogens with one attached hydrogen (secondary N) is 1. The van der Waals surface area contributed by atoms with Crippen LogP contribution in [0.15, 0.2) is 12.3 Å². The standard InChI is InChI=1S/C3H5N/c1-2-4-3-1/h1-2,4H,3H2. The zero-order valence-electron chi connectivity index (χ0n) is 2.36. The molecule has 1 aliphatic heterocycles. The van der Waals surface area contributed by atoms with Gasteiger partial charge in [-0.2, -0.15) is 0 Å². The molecule has 0 aromatic carbocycles. The summed E-state index contributed by atoms with van der Waals surface area (Å²) in [4.78, 5) is 0. The molecule has 1 heteroatoms. The van der Waals surface area contributed by atoms with Crippen LogP contribution in [0.25, 0.3) is 0 Å². The van der Waals surface area contributed by atoms with Crippen LogP contribution in [0.4, 0.5) is 0 Å². The molecule has 0 amide bonds. The van der Waals surface area contributed by atoms with Crippen LogP contribution in [0.1, 0.15) is 0 Å². The third-order valence-electron chi connectivity index (χ3n) is 0.471. The van der Waals surface area contributed by atoms with Gasteiger partial charge in [-0.3, -0.25) is 0 Å². The molecule has 0 bridgehead atoms. The first-order valence-corrected chi connectivity index (χ1v) is 1.38. The van der Waals surface area contributed by atoms with Crippen molar-refractivity contribution in [3.05, 3.63) is 12.3 Å². The fraction of sp³-hybridized carbons (Fsp3) is 0.333. The van der Waals surface area contributed by atoms with Gasteiger partial charge in [-0.05, 0) is 12.3 Å². The molecule has 0 aliphatic carbocycles. The molecular formula is C3H5N. The van der Waals surface area contributed by atoms with Crippen LogP contribution in [0, 0.1) is 0 Å². The molecule has 1 heterocycles. The maximum absolute atomic E-state index is 2.93. The van der Waals surface area contributed by atoms with Gasteiger partial charge < -0.3 is 5.32 Å². The van der Waals surface area contributed by atoms with Crippen molar-refractivity contribution in [3.8, 4) is 0 Å². The maximum Gasteiger partial charge on any atom is 0.0342 e.